The SMILES string of the molecule is NC(Cc1ccc(O)c(O)c1)C(O)O. The molecule has 0 heterocycles. The van der Waals surface area contributed by atoms with Gasteiger partial charge in [0, 0.05) is 0 Å². The maximum absolute atomic E-state index is 9.14. The molecule has 0 aliphatic carbocycles. The van der Waals surface area contributed by atoms with Gasteiger partial charge < -0.3 is 26.2 Å². The molecule has 1 atom stereocenters. The summed E-state index contributed by atoms with van der Waals surface area (Å²) in [5.74, 6) is -0.464. The number of hydrogen-bond acceptors (Lipinski definition) is 5. The Labute approximate surface area is 81.0 Å². The van der Waals surface area contributed by atoms with Crippen molar-refractivity contribution < 1.29 is 20.4 Å². The summed E-state index contributed by atoms with van der Waals surface area (Å²) in [5.41, 5.74) is 6.02. The van der Waals surface area contributed by atoms with E-state index < -0.39 is 12.3 Å². The lowest BCUT2D eigenvalue weighted by Crippen LogP contribution is -2.36. The minimum atomic E-state index is -1.59. The topological polar surface area (TPSA) is 107 Å². The number of aliphatic hydroxyl groups excluding tert-OH is 1. The van der Waals surface area contributed by atoms with Crippen LogP contribution in [0.5, 0.6) is 11.5 Å². The third-order valence-corrected chi connectivity index (χ3v) is 1.89. The molecule has 0 saturated carbocycles. The summed E-state index contributed by atoms with van der Waals surface area (Å²) in [5, 5.41) is 35.6. The molecule has 5 nitrogen and oxygen atoms in total. The molecule has 1 aromatic rings. The average Bonchev–Trinajstić information content (AvgIpc) is 2.11. The van der Waals surface area contributed by atoms with Crippen LogP contribution in [0.15, 0.2) is 18.2 Å². The molecule has 1 rings (SSSR count). The zero-order valence-electron chi connectivity index (χ0n) is 7.46. The molecular formula is C9H13NO4. The van der Waals surface area contributed by atoms with Gasteiger partial charge in [0.25, 0.3) is 0 Å². The summed E-state index contributed by atoms with van der Waals surface area (Å²) < 4.78 is 0. The van der Waals surface area contributed by atoms with Gasteiger partial charge in [0.05, 0.1) is 6.04 Å². The maximum Gasteiger partial charge on any atom is 0.167 e. The van der Waals surface area contributed by atoms with E-state index in [1.54, 1.807) is 6.07 Å². The highest BCUT2D eigenvalue weighted by Crippen LogP contribution is 2.25. The second-order valence-corrected chi connectivity index (χ2v) is 3.10. The van der Waals surface area contributed by atoms with Crippen LogP contribution in [0.1, 0.15) is 5.56 Å². The van der Waals surface area contributed by atoms with Gasteiger partial charge in [-0.25, -0.2) is 0 Å². The largest absolute Gasteiger partial charge is 0.504 e. The van der Waals surface area contributed by atoms with Crippen molar-refractivity contribution in [1.82, 2.24) is 0 Å². The van der Waals surface area contributed by atoms with Crippen molar-refractivity contribution in [3.05, 3.63) is 23.8 Å². The average molecular weight is 199 g/mol. The van der Waals surface area contributed by atoms with Gasteiger partial charge in [0.15, 0.2) is 17.8 Å². The third kappa shape index (κ3) is 2.59. The van der Waals surface area contributed by atoms with E-state index in [1.165, 1.54) is 12.1 Å². The van der Waals surface area contributed by atoms with E-state index in [0.29, 0.717) is 5.56 Å². The van der Waals surface area contributed by atoms with Gasteiger partial charge in [-0.05, 0) is 24.1 Å². The molecule has 0 aromatic heterocycles. The number of nitrogens with two attached hydrogens (primary N) is 1. The van der Waals surface area contributed by atoms with Crippen molar-refractivity contribution in [2.75, 3.05) is 0 Å². The predicted molar refractivity (Wildman–Crippen MR) is 49.7 cm³/mol. The van der Waals surface area contributed by atoms with Crippen LogP contribution in [-0.4, -0.2) is 32.8 Å². The molecule has 0 bridgehead atoms. The Bertz CT molecular complexity index is 314. The van der Waals surface area contributed by atoms with Crippen molar-refractivity contribution in [3.63, 3.8) is 0 Å². The highest BCUT2D eigenvalue weighted by molar-refractivity contribution is 5.40. The van der Waals surface area contributed by atoms with Crippen LogP contribution in [0, 0.1) is 0 Å². The number of phenols is 2. The maximum atomic E-state index is 9.14. The standard InChI is InChI=1S/C9H13NO4/c10-6(9(13)14)3-5-1-2-7(11)8(12)4-5/h1-2,4,6,9,11-14H,3,10H2. The van der Waals surface area contributed by atoms with E-state index in [4.69, 9.17) is 26.2 Å². The van der Waals surface area contributed by atoms with Crippen LogP contribution in [0.25, 0.3) is 0 Å². The van der Waals surface area contributed by atoms with E-state index in [9.17, 15) is 0 Å². The Morgan fingerprint density at radius 3 is 2.29 bits per heavy atom. The fourth-order valence-corrected chi connectivity index (χ4v) is 1.07. The van der Waals surface area contributed by atoms with Gasteiger partial charge in [-0.3, -0.25) is 0 Å². The molecule has 0 aliphatic heterocycles. The minimum Gasteiger partial charge on any atom is -0.504 e. The molecule has 0 aliphatic rings. The predicted octanol–water partition coefficient (Wildman–Crippen LogP) is -0.722. The van der Waals surface area contributed by atoms with Crippen LogP contribution in [-0.2, 0) is 6.42 Å². The summed E-state index contributed by atoms with van der Waals surface area (Å²) in [6, 6.07) is 3.40. The molecule has 0 spiro atoms. The van der Waals surface area contributed by atoms with Gasteiger partial charge in [-0.1, -0.05) is 6.07 Å². The first-order chi connectivity index (χ1) is 6.50. The minimum absolute atomic E-state index is 0.214. The Morgan fingerprint density at radius 2 is 1.79 bits per heavy atom. The summed E-state index contributed by atoms with van der Waals surface area (Å²) in [4.78, 5) is 0. The normalized spacial score (nSPS) is 13.1. The summed E-state index contributed by atoms with van der Waals surface area (Å²) in [6.07, 6.45) is -1.38. The number of hydrogen-bond donors (Lipinski definition) is 5. The Kier molecular flexibility index (Phi) is 3.29. The van der Waals surface area contributed by atoms with Gasteiger partial charge in [-0.15, -0.1) is 0 Å². The molecule has 14 heavy (non-hydrogen) atoms. The molecule has 0 fully saturated rings. The zero-order valence-corrected chi connectivity index (χ0v) is 7.46. The molecule has 0 radical (unpaired) electrons. The number of benzene rings is 1. The van der Waals surface area contributed by atoms with Crippen LogP contribution < -0.4 is 5.73 Å². The summed E-state index contributed by atoms with van der Waals surface area (Å²) in [6.45, 7) is 0. The van der Waals surface area contributed by atoms with Crippen molar-refractivity contribution in [1.29, 1.82) is 0 Å². The second kappa shape index (κ2) is 4.28. The highest BCUT2D eigenvalue weighted by atomic mass is 16.5. The Balaban J connectivity index is 2.73. The quantitative estimate of drug-likeness (QED) is 0.326. The van der Waals surface area contributed by atoms with Crippen molar-refractivity contribution in [2.45, 2.75) is 18.8 Å². The van der Waals surface area contributed by atoms with E-state index >= 15 is 0 Å². The van der Waals surface area contributed by atoms with Crippen molar-refractivity contribution >= 4 is 0 Å². The lowest BCUT2D eigenvalue weighted by molar-refractivity contribution is -0.0577. The van der Waals surface area contributed by atoms with Crippen molar-refractivity contribution in [3.8, 4) is 11.5 Å². The molecule has 1 aromatic carbocycles. The molecule has 0 amide bonds. The molecule has 1 unspecified atom stereocenters. The van der Waals surface area contributed by atoms with E-state index in [-0.39, 0.29) is 17.9 Å². The van der Waals surface area contributed by atoms with Crippen LogP contribution in [0.4, 0.5) is 0 Å². The summed E-state index contributed by atoms with van der Waals surface area (Å²) >= 11 is 0. The number of aromatic hydroxyl groups is 2. The van der Waals surface area contributed by atoms with Crippen LogP contribution in [0.2, 0.25) is 0 Å². The lowest BCUT2D eigenvalue weighted by atomic mass is 10.1. The van der Waals surface area contributed by atoms with Crippen LogP contribution >= 0.6 is 0 Å². The monoisotopic (exact) mass is 199 g/mol. The first-order valence-corrected chi connectivity index (χ1v) is 4.13. The highest BCUT2D eigenvalue weighted by Gasteiger charge is 2.12. The summed E-state index contributed by atoms with van der Waals surface area (Å²) in [7, 11) is 0. The van der Waals surface area contributed by atoms with E-state index in [1.807, 2.05) is 0 Å². The van der Waals surface area contributed by atoms with Crippen molar-refractivity contribution in [2.24, 2.45) is 5.73 Å². The molecule has 6 N–H and O–H groups in total. The van der Waals surface area contributed by atoms with Gasteiger partial charge >= 0.3 is 0 Å². The van der Waals surface area contributed by atoms with E-state index in [2.05, 4.69) is 0 Å². The Hall–Kier alpha value is -1.30. The first-order valence-electron chi connectivity index (χ1n) is 4.13. The zero-order chi connectivity index (χ0) is 10.7. The lowest BCUT2D eigenvalue weighted by Gasteiger charge is -2.13. The van der Waals surface area contributed by atoms with Crippen LogP contribution in [0.3, 0.4) is 0 Å². The smallest absolute Gasteiger partial charge is 0.167 e. The fourth-order valence-electron chi connectivity index (χ4n) is 1.07. The molecule has 78 valence electrons. The number of rotatable bonds is 3. The van der Waals surface area contributed by atoms with E-state index in [0.717, 1.165) is 0 Å². The molecule has 0 saturated heterocycles. The fraction of sp³-hybridized carbons (Fsp3) is 0.333. The Morgan fingerprint density at radius 1 is 1.14 bits per heavy atom. The first kappa shape index (κ1) is 10.8. The van der Waals surface area contributed by atoms with Gasteiger partial charge in [-0.2, -0.15) is 0 Å². The number of phenolic OH excluding ortho intramolecular Hbond substituents is 2. The molecule has 5 heteroatoms. The molecular weight excluding hydrogens is 186 g/mol. The second-order valence-electron chi connectivity index (χ2n) is 3.10. The number of aliphatic hydroxyl groups is 2. The van der Waals surface area contributed by atoms with Gasteiger partial charge in [0.1, 0.15) is 0 Å². The third-order valence-electron chi connectivity index (χ3n) is 1.89. The van der Waals surface area contributed by atoms with Gasteiger partial charge in [0.2, 0.25) is 0 Å².